The highest BCUT2D eigenvalue weighted by molar-refractivity contribution is 5.49. The molecule has 6 heteroatoms. The summed E-state index contributed by atoms with van der Waals surface area (Å²) in [5, 5.41) is 3.94. The van der Waals surface area contributed by atoms with Crippen molar-refractivity contribution in [3.63, 3.8) is 0 Å². The summed E-state index contributed by atoms with van der Waals surface area (Å²) in [7, 11) is 1.69. The van der Waals surface area contributed by atoms with Crippen molar-refractivity contribution in [3.05, 3.63) is 36.0 Å². The number of aromatic nitrogens is 2. The number of nitrogens with zero attached hydrogens (tertiary/aromatic N) is 4. The first kappa shape index (κ1) is 14.8. The Balaban J connectivity index is 1.53. The van der Waals surface area contributed by atoms with Gasteiger partial charge in [0, 0.05) is 38.3 Å². The molecule has 22 heavy (non-hydrogen) atoms. The van der Waals surface area contributed by atoms with Crippen LogP contribution in [0.2, 0.25) is 0 Å². The van der Waals surface area contributed by atoms with Crippen LogP contribution in [-0.2, 0) is 13.0 Å². The van der Waals surface area contributed by atoms with E-state index in [1.807, 2.05) is 19.1 Å². The van der Waals surface area contributed by atoms with Crippen LogP contribution in [0.5, 0.6) is 5.75 Å². The van der Waals surface area contributed by atoms with Crippen molar-refractivity contribution in [3.8, 4) is 5.75 Å². The van der Waals surface area contributed by atoms with Crippen LogP contribution in [0.3, 0.4) is 0 Å². The van der Waals surface area contributed by atoms with Gasteiger partial charge in [0.2, 0.25) is 5.89 Å². The minimum atomic E-state index is 0.717. The van der Waals surface area contributed by atoms with Crippen LogP contribution in [0.15, 0.2) is 28.8 Å². The minimum absolute atomic E-state index is 0.717. The molecular weight excluding hydrogens is 280 g/mol. The molecule has 2 heterocycles. The summed E-state index contributed by atoms with van der Waals surface area (Å²) in [5.41, 5.74) is 1.24. The van der Waals surface area contributed by atoms with Crippen LogP contribution >= 0.6 is 0 Å². The first-order chi connectivity index (χ1) is 10.8. The van der Waals surface area contributed by atoms with E-state index in [2.05, 4.69) is 32.1 Å². The van der Waals surface area contributed by atoms with E-state index in [0.29, 0.717) is 0 Å². The fourth-order valence-corrected chi connectivity index (χ4v) is 2.65. The summed E-state index contributed by atoms with van der Waals surface area (Å²) < 4.78 is 10.5. The standard InChI is InChI=1S/C16H22N4O2/c1-3-15-17-16(22-18-15)12-19-8-10-20(11-9-19)13-4-6-14(21-2)7-5-13/h4-7H,3,8-12H2,1-2H3. The van der Waals surface area contributed by atoms with Gasteiger partial charge in [0.05, 0.1) is 13.7 Å². The van der Waals surface area contributed by atoms with Gasteiger partial charge < -0.3 is 14.2 Å². The molecule has 1 aliphatic rings. The zero-order valence-corrected chi connectivity index (χ0v) is 13.2. The second-order valence-electron chi connectivity index (χ2n) is 5.42. The molecule has 6 nitrogen and oxygen atoms in total. The van der Waals surface area contributed by atoms with Gasteiger partial charge in [-0.2, -0.15) is 4.98 Å². The highest BCUT2D eigenvalue weighted by Crippen LogP contribution is 2.20. The average Bonchev–Trinajstić information content (AvgIpc) is 3.03. The van der Waals surface area contributed by atoms with Crippen molar-refractivity contribution < 1.29 is 9.26 Å². The molecule has 3 rings (SSSR count). The van der Waals surface area contributed by atoms with Crippen molar-refractivity contribution in [1.29, 1.82) is 0 Å². The maximum absolute atomic E-state index is 5.26. The van der Waals surface area contributed by atoms with Crippen LogP contribution in [0, 0.1) is 0 Å². The Morgan fingerprint density at radius 1 is 1.14 bits per heavy atom. The lowest BCUT2D eigenvalue weighted by molar-refractivity contribution is 0.215. The number of benzene rings is 1. The third-order valence-electron chi connectivity index (χ3n) is 4.00. The van der Waals surface area contributed by atoms with E-state index in [1.54, 1.807) is 7.11 Å². The van der Waals surface area contributed by atoms with Gasteiger partial charge in [-0.25, -0.2) is 0 Å². The molecule has 0 aliphatic carbocycles. The Labute approximate surface area is 130 Å². The molecule has 1 saturated heterocycles. The number of aryl methyl sites for hydroxylation is 1. The van der Waals surface area contributed by atoms with Crippen LogP contribution in [-0.4, -0.2) is 48.3 Å². The molecule has 0 bridgehead atoms. The molecular formula is C16H22N4O2. The Bertz CT molecular complexity index is 588. The summed E-state index contributed by atoms with van der Waals surface area (Å²) in [6.07, 6.45) is 0.814. The third-order valence-corrected chi connectivity index (χ3v) is 4.00. The van der Waals surface area contributed by atoms with Crippen LogP contribution in [0.1, 0.15) is 18.6 Å². The van der Waals surface area contributed by atoms with E-state index in [0.717, 1.165) is 56.6 Å². The van der Waals surface area contributed by atoms with Crippen molar-refractivity contribution in [2.75, 3.05) is 38.2 Å². The first-order valence-electron chi connectivity index (χ1n) is 7.71. The zero-order valence-electron chi connectivity index (χ0n) is 13.2. The summed E-state index contributed by atoms with van der Waals surface area (Å²) in [6, 6.07) is 8.24. The fraction of sp³-hybridized carbons (Fsp3) is 0.500. The molecule has 1 aromatic carbocycles. The molecule has 0 amide bonds. The number of anilines is 1. The van der Waals surface area contributed by atoms with Gasteiger partial charge in [-0.3, -0.25) is 4.90 Å². The molecule has 1 fully saturated rings. The third kappa shape index (κ3) is 3.39. The lowest BCUT2D eigenvalue weighted by atomic mass is 10.2. The highest BCUT2D eigenvalue weighted by Gasteiger charge is 2.19. The van der Waals surface area contributed by atoms with E-state index < -0.39 is 0 Å². The van der Waals surface area contributed by atoms with Gasteiger partial charge in [-0.15, -0.1) is 0 Å². The van der Waals surface area contributed by atoms with Crippen molar-refractivity contribution in [2.24, 2.45) is 0 Å². The zero-order chi connectivity index (χ0) is 15.4. The molecule has 0 N–H and O–H groups in total. The van der Waals surface area contributed by atoms with E-state index in [4.69, 9.17) is 9.26 Å². The van der Waals surface area contributed by atoms with Crippen LogP contribution in [0.4, 0.5) is 5.69 Å². The highest BCUT2D eigenvalue weighted by atomic mass is 16.5. The van der Waals surface area contributed by atoms with Gasteiger partial charge in [-0.05, 0) is 24.3 Å². The summed E-state index contributed by atoms with van der Waals surface area (Å²) in [6.45, 7) is 6.76. The monoisotopic (exact) mass is 302 g/mol. The molecule has 1 aliphatic heterocycles. The van der Waals surface area contributed by atoms with Gasteiger partial charge in [0.25, 0.3) is 0 Å². The fourth-order valence-electron chi connectivity index (χ4n) is 2.65. The number of piperazine rings is 1. The Morgan fingerprint density at radius 2 is 1.86 bits per heavy atom. The molecule has 2 aromatic rings. The van der Waals surface area contributed by atoms with Crippen molar-refractivity contribution in [1.82, 2.24) is 15.0 Å². The Morgan fingerprint density at radius 3 is 2.45 bits per heavy atom. The smallest absolute Gasteiger partial charge is 0.240 e. The van der Waals surface area contributed by atoms with Crippen LogP contribution < -0.4 is 9.64 Å². The molecule has 0 unspecified atom stereocenters. The predicted octanol–water partition coefficient (Wildman–Crippen LogP) is 1.96. The van der Waals surface area contributed by atoms with Gasteiger partial charge in [-0.1, -0.05) is 12.1 Å². The van der Waals surface area contributed by atoms with Gasteiger partial charge in [0.15, 0.2) is 5.82 Å². The SMILES string of the molecule is CCc1noc(CN2CCN(c3ccc(OC)cc3)CC2)n1. The van der Waals surface area contributed by atoms with E-state index in [-0.39, 0.29) is 0 Å². The van der Waals surface area contributed by atoms with E-state index in [9.17, 15) is 0 Å². The first-order valence-corrected chi connectivity index (χ1v) is 7.71. The minimum Gasteiger partial charge on any atom is -0.497 e. The molecule has 0 atom stereocenters. The van der Waals surface area contributed by atoms with Crippen molar-refractivity contribution >= 4 is 5.69 Å². The number of hydrogen-bond acceptors (Lipinski definition) is 6. The number of rotatable bonds is 5. The predicted molar refractivity (Wildman–Crippen MR) is 84.2 cm³/mol. The average molecular weight is 302 g/mol. The number of methoxy groups -OCH3 is 1. The van der Waals surface area contributed by atoms with E-state index >= 15 is 0 Å². The Hall–Kier alpha value is -2.08. The largest absolute Gasteiger partial charge is 0.497 e. The summed E-state index contributed by atoms with van der Waals surface area (Å²) in [5.74, 6) is 2.40. The number of ether oxygens (including phenoxy) is 1. The van der Waals surface area contributed by atoms with Crippen LogP contribution in [0.25, 0.3) is 0 Å². The van der Waals surface area contributed by atoms with Gasteiger partial charge in [0.1, 0.15) is 5.75 Å². The maximum Gasteiger partial charge on any atom is 0.240 e. The lowest BCUT2D eigenvalue weighted by Crippen LogP contribution is -2.46. The van der Waals surface area contributed by atoms with Gasteiger partial charge >= 0.3 is 0 Å². The molecule has 1 aromatic heterocycles. The summed E-state index contributed by atoms with van der Waals surface area (Å²) >= 11 is 0. The normalized spacial score (nSPS) is 16.0. The second-order valence-corrected chi connectivity index (χ2v) is 5.42. The van der Waals surface area contributed by atoms with Crippen molar-refractivity contribution in [2.45, 2.75) is 19.9 Å². The van der Waals surface area contributed by atoms with E-state index in [1.165, 1.54) is 5.69 Å². The molecule has 118 valence electrons. The topological polar surface area (TPSA) is 54.6 Å². The Kier molecular flexibility index (Phi) is 4.58. The number of hydrogen-bond donors (Lipinski definition) is 0. The lowest BCUT2D eigenvalue weighted by Gasteiger charge is -2.35. The summed E-state index contributed by atoms with van der Waals surface area (Å²) in [4.78, 5) is 9.12. The second kappa shape index (κ2) is 6.79. The molecule has 0 radical (unpaired) electrons. The molecule has 0 saturated carbocycles. The molecule has 0 spiro atoms. The maximum atomic E-state index is 5.26. The quantitative estimate of drug-likeness (QED) is 0.841.